The van der Waals surface area contributed by atoms with Crippen LogP contribution in [0.2, 0.25) is 0 Å². The summed E-state index contributed by atoms with van der Waals surface area (Å²) in [7, 11) is 0. The number of rotatable bonds is 5. The lowest BCUT2D eigenvalue weighted by Gasteiger charge is -2.07. The molecule has 0 aliphatic heterocycles. The molecule has 0 aliphatic carbocycles. The number of nitro groups is 1. The molecule has 0 fully saturated rings. The van der Waals surface area contributed by atoms with Crippen LogP contribution in [0, 0.1) is 21.4 Å². The number of esters is 1. The summed E-state index contributed by atoms with van der Waals surface area (Å²) in [5, 5.41) is 20.0. The van der Waals surface area contributed by atoms with Gasteiger partial charge in [0.25, 0.3) is 5.69 Å². The van der Waals surface area contributed by atoms with E-state index in [1.54, 1.807) is 30.5 Å². The summed E-state index contributed by atoms with van der Waals surface area (Å²) in [5.41, 5.74) is 0.968. The first-order valence-corrected chi connectivity index (χ1v) is 7.77. The monoisotopic (exact) mass is 328 g/mol. The van der Waals surface area contributed by atoms with Gasteiger partial charge in [0.1, 0.15) is 6.61 Å². The quantitative estimate of drug-likeness (QED) is 0.361. The lowest BCUT2D eigenvalue weighted by Crippen LogP contribution is -2.07. The molecule has 2 aromatic rings. The van der Waals surface area contributed by atoms with Crippen LogP contribution in [0.15, 0.2) is 47.4 Å². The van der Waals surface area contributed by atoms with Crippen LogP contribution in [0.1, 0.15) is 21.5 Å². The zero-order valence-corrected chi connectivity index (χ0v) is 13.0. The number of carbonyl (C=O) groups is 1. The minimum absolute atomic E-state index is 0.0688. The number of nitriles is 1. The van der Waals surface area contributed by atoms with Crippen LogP contribution in [-0.2, 0) is 11.3 Å². The van der Waals surface area contributed by atoms with Crippen LogP contribution in [0.5, 0.6) is 0 Å². The average Bonchev–Trinajstić information content (AvgIpc) is 2.59. The number of hydrogen-bond donors (Lipinski definition) is 0. The van der Waals surface area contributed by atoms with Crippen molar-refractivity contribution in [2.75, 3.05) is 6.26 Å². The number of carbonyl (C=O) groups excluding carboxylic acids is 1. The standard InChI is InChI=1S/C16H12N2O4S/c1-23-15-7-6-11(8-14(15)18(20)21)16(19)22-10-13-5-3-2-4-12(13)9-17/h2-8H,10H2,1H3. The Labute approximate surface area is 136 Å². The first-order chi connectivity index (χ1) is 11.1. The van der Waals surface area contributed by atoms with E-state index < -0.39 is 10.9 Å². The van der Waals surface area contributed by atoms with E-state index in [9.17, 15) is 14.9 Å². The van der Waals surface area contributed by atoms with Crippen molar-refractivity contribution in [1.82, 2.24) is 0 Å². The van der Waals surface area contributed by atoms with Crippen molar-refractivity contribution < 1.29 is 14.5 Å². The van der Waals surface area contributed by atoms with E-state index in [4.69, 9.17) is 10.00 Å². The first kappa shape index (κ1) is 16.5. The molecule has 0 spiro atoms. The van der Waals surface area contributed by atoms with Gasteiger partial charge in [0.15, 0.2) is 0 Å². The second kappa shape index (κ2) is 7.42. The Hall–Kier alpha value is -2.85. The summed E-state index contributed by atoms with van der Waals surface area (Å²) in [5.74, 6) is -0.673. The lowest BCUT2D eigenvalue weighted by atomic mass is 10.1. The number of nitro benzene ring substituents is 1. The van der Waals surface area contributed by atoms with Crippen LogP contribution in [-0.4, -0.2) is 17.1 Å². The van der Waals surface area contributed by atoms with Crippen LogP contribution < -0.4 is 0 Å². The maximum Gasteiger partial charge on any atom is 0.338 e. The van der Waals surface area contributed by atoms with Crippen molar-refractivity contribution in [3.8, 4) is 6.07 Å². The summed E-state index contributed by atoms with van der Waals surface area (Å²) in [6, 6.07) is 13.0. The molecule has 116 valence electrons. The Morgan fingerprint density at radius 1 is 1.35 bits per heavy atom. The van der Waals surface area contributed by atoms with E-state index >= 15 is 0 Å². The van der Waals surface area contributed by atoms with Gasteiger partial charge in [-0.25, -0.2) is 4.79 Å². The third kappa shape index (κ3) is 3.87. The average molecular weight is 328 g/mol. The molecule has 0 radical (unpaired) electrons. The fourth-order valence-electron chi connectivity index (χ4n) is 1.94. The fraction of sp³-hybridized carbons (Fsp3) is 0.125. The van der Waals surface area contributed by atoms with Crippen molar-refractivity contribution in [3.05, 3.63) is 69.3 Å². The minimum Gasteiger partial charge on any atom is -0.457 e. The molecule has 0 heterocycles. The highest BCUT2D eigenvalue weighted by molar-refractivity contribution is 7.98. The minimum atomic E-state index is -0.673. The molecule has 0 saturated carbocycles. The molecule has 0 saturated heterocycles. The Balaban J connectivity index is 2.17. The third-order valence-corrected chi connectivity index (χ3v) is 3.89. The van der Waals surface area contributed by atoms with Crippen LogP contribution >= 0.6 is 11.8 Å². The van der Waals surface area contributed by atoms with Crippen molar-refractivity contribution in [2.24, 2.45) is 0 Å². The maximum atomic E-state index is 12.1. The Morgan fingerprint density at radius 3 is 2.74 bits per heavy atom. The summed E-state index contributed by atoms with van der Waals surface area (Å²) in [6.07, 6.45) is 1.72. The van der Waals surface area contributed by atoms with Crippen molar-refractivity contribution in [1.29, 1.82) is 5.26 Å². The second-order valence-electron chi connectivity index (χ2n) is 4.49. The SMILES string of the molecule is CSc1ccc(C(=O)OCc2ccccc2C#N)cc1[N+](=O)[O-]. The maximum absolute atomic E-state index is 12.1. The van der Waals surface area contributed by atoms with Crippen LogP contribution in [0.4, 0.5) is 5.69 Å². The molecule has 0 bridgehead atoms. The van der Waals surface area contributed by atoms with Gasteiger partial charge in [0.05, 0.1) is 27.0 Å². The molecular formula is C16H12N2O4S. The fourth-order valence-corrected chi connectivity index (χ4v) is 2.49. The van der Waals surface area contributed by atoms with Crippen LogP contribution in [0.25, 0.3) is 0 Å². The molecular weight excluding hydrogens is 316 g/mol. The first-order valence-electron chi connectivity index (χ1n) is 6.54. The highest BCUT2D eigenvalue weighted by Gasteiger charge is 2.18. The normalized spacial score (nSPS) is 9.91. The molecule has 2 aromatic carbocycles. The number of thioether (sulfide) groups is 1. The van der Waals surface area contributed by atoms with E-state index in [0.29, 0.717) is 16.0 Å². The Morgan fingerprint density at radius 2 is 2.09 bits per heavy atom. The van der Waals surface area contributed by atoms with Gasteiger partial charge in [-0.3, -0.25) is 10.1 Å². The van der Waals surface area contributed by atoms with Gasteiger partial charge in [0, 0.05) is 11.6 Å². The number of nitrogens with zero attached hydrogens (tertiary/aromatic N) is 2. The molecule has 0 amide bonds. The van der Waals surface area contributed by atoms with Gasteiger partial charge in [-0.2, -0.15) is 5.26 Å². The zero-order chi connectivity index (χ0) is 16.8. The van der Waals surface area contributed by atoms with Gasteiger partial charge in [-0.15, -0.1) is 11.8 Å². The number of hydrogen-bond acceptors (Lipinski definition) is 6. The van der Waals surface area contributed by atoms with Crippen molar-refractivity contribution in [2.45, 2.75) is 11.5 Å². The smallest absolute Gasteiger partial charge is 0.338 e. The molecule has 0 aliphatic rings. The molecule has 7 heteroatoms. The second-order valence-corrected chi connectivity index (χ2v) is 5.34. The van der Waals surface area contributed by atoms with E-state index in [0.717, 1.165) is 0 Å². The number of ether oxygens (including phenoxy) is 1. The largest absolute Gasteiger partial charge is 0.457 e. The lowest BCUT2D eigenvalue weighted by molar-refractivity contribution is -0.387. The van der Waals surface area contributed by atoms with Crippen LogP contribution in [0.3, 0.4) is 0 Å². The van der Waals surface area contributed by atoms with Gasteiger partial charge < -0.3 is 4.74 Å². The number of benzene rings is 2. The Kier molecular flexibility index (Phi) is 5.33. The van der Waals surface area contributed by atoms with Crippen molar-refractivity contribution >= 4 is 23.4 Å². The molecule has 2 rings (SSSR count). The van der Waals surface area contributed by atoms with Gasteiger partial charge >= 0.3 is 5.97 Å². The molecule has 6 nitrogen and oxygen atoms in total. The topological polar surface area (TPSA) is 93.2 Å². The van der Waals surface area contributed by atoms with Gasteiger partial charge in [-0.1, -0.05) is 18.2 Å². The summed E-state index contributed by atoms with van der Waals surface area (Å²) < 4.78 is 5.15. The molecule has 0 unspecified atom stereocenters. The van der Waals surface area contributed by atoms with Gasteiger partial charge in [0.2, 0.25) is 0 Å². The van der Waals surface area contributed by atoms with E-state index in [1.807, 2.05) is 6.07 Å². The summed E-state index contributed by atoms with van der Waals surface area (Å²) in [4.78, 5) is 23.0. The molecule has 0 atom stereocenters. The summed E-state index contributed by atoms with van der Waals surface area (Å²) in [6.45, 7) is -0.0688. The van der Waals surface area contributed by atoms with E-state index in [2.05, 4.69) is 0 Å². The highest BCUT2D eigenvalue weighted by atomic mass is 32.2. The predicted octanol–water partition coefficient (Wildman–Crippen LogP) is 3.55. The summed E-state index contributed by atoms with van der Waals surface area (Å²) >= 11 is 1.23. The third-order valence-electron chi connectivity index (χ3n) is 3.11. The van der Waals surface area contributed by atoms with Crippen molar-refractivity contribution in [3.63, 3.8) is 0 Å². The Bertz CT molecular complexity index is 799. The predicted molar refractivity (Wildman–Crippen MR) is 85.2 cm³/mol. The van der Waals surface area contributed by atoms with E-state index in [1.165, 1.54) is 30.0 Å². The molecule has 0 aromatic heterocycles. The highest BCUT2D eigenvalue weighted by Crippen LogP contribution is 2.28. The van der Waals surface area contributed by atoms with E-state index in [-0.39, 0.29) is 17.9 Å². The molecule has 23 heavy (non-hydrogen) atoms. The molecule has 0 N–H and O–H groups in total. The van der Waals surface area contributed by atoms with Gasteiger partial charge in [-0.05, 0) is 24.5 Å². The zero-order valence-electron chi connectivity index (χ0n) is 12.2.